The molecule has 1 saturated carbocycles. The minimum absolute atomic E-state index is 0.544. The minimum atomic E-state index is -4.24. The minimum Gasteiger partial charge on any atom is -0.310 e. The Hall–Kier alpha value is -1.03. The van der Waals surface area contributed by atoms with Gasteiger partial charge in [0.05, 0.1) is 5.56 Å². The van der Waals surface area contributed by atoms with Crippen LogP contribution in [0.2, 0.25) is 0 Å². The van der Waals surface area contributed by atoms with Gasteiger partial charge < -0.3 is 5.32 Å². The van der Waals surface area contributed by atoms with Crippen LogP contribution in [0, 0.1) is 5.92 Å². The van der Waals surface area contributed by atoms with E-state index in [1.807, 2.05) is 0 Å². The number of rotatable bonds is 3. The van der Waals surface area contributed by atoms with Crippen LogP contribution in [-0.2, 0) is 12.7 Å². The van der Waals surface area contributed by atoms with Gasteiger partial charge in [-0.15, -0.1) is 0 Å². The summed E-state index contributed by atoms with van der Waals surface area (Å²) in [5.41, 5.74) is 0.308. The maximum Gasteiger partial charge on any atom is 0.416 e. The molecule has 1 aromatic rings. The molecule has 0 bridgehead atoms. The van der Waals surface area contributed by atoms with Gasteiger partial charge in [0.25, 0.3) is 0 Å². The van der Waals surface area contributed by atoms with Gasteiger partial charge in [-0.2, -0.15) is 13.2 Å². The molecule has 1 N–H and O–H groups in total. The van der Waals surface area contributed by atoms with Crippen LogP contribution in [0.1, 0.15) is 24.5 Å². The van der Waals surface area contributed by atoms with Crippen molar-refractivity contribution in [1.29, 1.82) is 0 Å². The second-order valence-electron chi connectivity index (χ2n) is 4.40. The summed E-state index contributed by atoms with van der Waals surface area (Å²) < 4.78 is 36.8. The lowest BCUT2D eigenvalue weighted by Gasteiger charge is -2.08. The normalized spacial score (nSPS) is 24.5. The molecule has 0 heterocycles. The van der Waals surface area contributed by atoms with Gasteiger partial charge in [-0.3, -0.25) is 0 Å². The number of halogens is 3. The molecule has 0 aromatic heterocycles. The summed E-state index contributed by atoms with van der Waals surface area (Å²) in [6, 6.07) is 5.87. The van der Waals surface area contributed by atoms with E-state index >= 15 is 0 Å². The monoisotopic (exact) mass is 229 g/mol. The number of benzene rings is 1. The van der Waals surface area contributed by atoms with Gasteiger partial charge in [0.15, 0.2) is 0 Å². The van der Waals surface area contributed by atoms with E-state index in [9.17, 15) is 13.2 Å². The van der Waals surface area contributed by atoms with Gasteiger partial charge >= 0.3 is 6.18 Å². The Bertz CT molecular complexity index is 356. The molecular formula is C12H14F3N. The van der Waals surface area contributed by atoms with Crippen molar-refractivity contribution in [3.8, 4) is 0 Å². The summed E-state index contributed by atoms with van der Waals surface area (Å²) in [5, 5.41) is 3.30. The summed E-state index contributed by atoms with van der Waals surface area (Å²) >= 11 is 0. The molecule has 2 rings (SSSR count). The zero-order chi connectivity index (χ0) is 11.8. The largest absolute Gasteiger partial charge is 0.416 e. The van der Waals surface area contributed by atoms with Crippen molar-refractivity contribution in [3.63, 3.8) is 0 Å². The molecule has 16 heavy (non-hydrogen) atoms. The molecular weight excluding hydrogens is 215 g/mol. The van der Waals surface area contributed by atoms with E-state index in [-0.39, 0.29) is 0 Å². The highest BCUT2D eigenvalue weighted by molar-refractivity contribution is 5.24. The van der Waals surface area contributed by atoms with Crippen LogP contribution in [0.3, 0.4) is 0 Å². The fraction of sp³-hybridized carbons (Fsp3) is 0.500. The first-order valence-corrected chi connectivity index (χ1v) is 5.36. The predicted molar refractivity (Wildman–Crippen MR) is 55.9 cm³/mol. The first-order chi connectivity index (χ1) is 7.47. The summed E-state index contributed by atoms with van der Waals surface area (Å²) in [6.07, 6.45) is -3.07. The molecule has 0 radical (unpaired) electrons. The summed E-state index contributed by atoms with van der Waals surface area (Å²) in [7, 11) is 0. The molecule has 0 amide bonds. The molecule has 1 aliphatic rings. The summed E-state index contributed by atoms with van der Waals surface area (Å²) in [5.74, 6) is 0.703. The molecule has 0 saturated heterocycles. The first-order valence-electron chi connectivity index (χ1n) is 5.36. The highest BCUT2D eigenvalue weighted by Crippen LogP contribution is 2.30. The van der Waals surface area contributed by atoms with Crippen LogP contribution in [0.4, 0.5) is 13.2 Å². The Balaban J connectivity index is 1.91. The second-order valence-corrected chi connectivity index (χ2v) is 4.40. The van der Waals surface area contributed by atoms with Gasteiger partial charge in [-0.05, 0) is 30.0 Å². The van der Waals surface area contributed by atoms with E-state index in [4.69, 9.17) is 0 Å². The quantitative estimate of drug-likeness (QED) is 0.839. The summed E-state index contributed by atoms with van der Waals surface area (Å²) in [6.45, 7) is 2.80. The van der Waals surface area contributed by atoms with Crippen molar-refractivity contribution in [2.24, 2.45) is 5.92 Å². The molecule has 1 aromatic carbocycles. The number of nitrogens with one attached hydrogen (secondary N) is 1. The predicted octanol–water partition coefficient (Wildman–Crippen LogP) is 3.20. The maximum absolute atomic E-state index is 12.3. The van der Waals surface area contributed by atoms with Crippen LogP contribution >= 0.6 is 0 Å². The van der Waals surface area contributed by atoms with E-state index in [0.29, 0.717) is 18.5 Å². The Morgan fingerprint density at radius 2 is 1.81 bits per heavy atom. The third-order valence-corrected chi connectivity index (χ3v) is 2.96. The fourth-order valence-electron chi connectivity index (χ4n) is 1.67. The highest BCUT2D eigenvalue weighted by atomic mass is 19.4. The van der Waals surface area contributed by atoms with Crippen molar-refractivity contribution >= 4 is 0 Å². The average molecular weight is 229 g/mol. The van der Waals surface area contributed by atoms with E-state index in [1.54, 1.807) is 0 Å². The van der Waals surface area contributed by atoms with Crippen LogP contribution in [0.25, 0.3) is 0 Å². The topological polar surface area (TPSA) is 12.0 Å². The Morgan fingerprint density at radius 3 is 2.25 bits per heavy atom. The van der Waals surface area contributed by atoms with Gasteiger partial charge in [0, 0.05) is 12.6 Å². The lowest BCUT2D eigenvalue weighted by molar-refractivity contribution is -0.137. The number of alkyl halides is 3. The van der Waals surface area contributed by atoms with Gasteiger partial charge in [0.1, 0.15) is 0 Å². The lowest BCUT2D eigenvalue weighted by Crippen LogP contribution is -2.17. The zero-order valence-corrected chi connectivity index (χ0v) is 9.01. The molecule has 88 valence electrons. The van der Waals surface area contributed by atoms with E-state index in [2.05, 4.69) is 12.2 Å². The van der Waals surface area contributed by atoms with Crippen molar-refractivity contribution in [1.82, 2.24) is 5.32 Å². The Morgan fingerprint density at radius 1 is 1.25 bits per heavy atom. The maximum atomic E-state index is 12.3. The van der Waals surface area contributed by atoms with Gasteiger partial charge in [-0.1, -0.05) is 19.1 Å². The van der Waals surface area contributed by atoms with Crippen molar-refractivity contribution < 1.29 is 13.2 Å². The van der Waals surface area contributed by atoms with Crippen LogP contribution in [0.15, 0.2) is 24.3 Å². The second kappa shape index (κ2) is 4.09. The lowest BCUT2D eigenvalue weighted by atomic mass is 10.1. The Kier molecular flexibility index (Phi) is 2.93. The van der Waals surface area contributed by atoms with E-state index in [1.165, 1.54) is 18.6 Å². The molecule has 0 spiro atoms. The average Bonchev–Trinajstić information content (AvgIpc) is 2.91. The zero-order valence-electron chi connectivity index (χ0n) is 9.01. The molecule has 1 aliphatic carbocycles. The van der Waals surface area contributed by atoms with Crippen LogP contribution in [-0.4, -0.2) is 6.04 Å². The third-order valence-electron chi connectivity index (χ3n) is 2.96. The summed E-state index contributed by atoms with van der Waals surface area (Å²) in [4.78, 5) is 0. The smallest absolute Gasteiger partial charge is 0.310 e. The van der Waals surface area contributed by atoms with Gasteiger partial charge in [0.2, 0.25) is 0 Å². The molecule has 1 fully saturated rings. The molecule has 2 atom stereocenters. The van der Waals surface area contributed by atoms with Crippen molar-refractivity contribution in [3.05, 3.63) is 35.4 Å². The van der Waals surface area contributed by atoms with Crippen molar-refractivity contribution in [2.45, 2.75) is 32.1 Å². The first kappa shape index (κ1) is 11.5. The number of hydrogen-bond donors (Lipinski definition) is 1. The third kappa shape index (κ3) is 2.76. The molecule has 0 aliphatic heterocycles. The highest BCUT2D eigenvalue weighted by Gasteiger charge is 2.32. The number of hydrogen-bond acceptors (Lipinski definition) is 1. The SMILES string of the molecule is CC1CC1NCc1ccc(C(F)(F)F)cc1. The molecule has 2 unspecified atom stereocenters. The van der Waals surface area contributed by atoms with Gasteiger partial charge in [-0.25, -0.2) is 0 Å². The standard InChI is InChI=1S/C12H14F3N/c1-8-6-11(8)16-7-9-2-4-10(5-3-9)12(13,14)15/h2-5,8,11,16H,6-7H2,1H3. The molecule has 1 nitrogen and oxygen atoms in total. The Labute approximate surface area is 92.7 Å². The van der Waals surface area contributed by atoms with Crippen LogP contribution in [0.5, 0.6) is 0 Å². The van der Waals surface area contributed by atoms with E-state index in [0.717, 1.165) is 17.7 Å². The fourth-order valence-corrected chi connectivity index (χ4v) is 1.67. The molecule has 4 heteroatoms. The van der Waals surface area contributed by atoms with Crippen molar-refractivity contribution in [2.75, 3.05) is 0 Å². The van der Waals surface area contributed by atoms with E-state index < -0.39 is 11.7 Å². The van der Waals surface area contributed by atoms with Crippen LogP contribution < -0.4 is 5.32 Å².